The van der Waals surface area contributed by atoms with Crippen LogP contribution in [0.2, 0.25) is 0 Å². The minimum absolute atomic E-state index is 0.0439. The molecule has 0 radical (unpaired) electrons. The Morgan fingerprint density at radius 3 is 2.58 bits per heavy atom. The molecule has 2 N–H and O–H groups in total. The summed E-state index contributed by atoms with van der Waals surface area (Å²) in [5.41, 5.74) is 7.35. The van der Waals surface area contributed by atoms with Crippen molar-refractivity contribution in [3.05, 3.63) is 71.3 Å². The third-order valence-corrected chi connectivity index (χ3v) is 6.49. The van der Waals surface area contributed by atoms with Crippen LogP contribution in [0.3, 0.4) is 0 Å². The molecule has 1 fully saturated rings. The van der Waals surface area contributed by atoms with Gasteiger partial charge < -0.3 is 19.9 Å². The summed E-state index contributed by atoms with van der Waals surface area (Å²) in [7, 11) is 0. The zero-order valence-electron chi connectivity index (χ0n) is 17.6. The van der Waals surface area contributed by atoms with Gasteiger partial charge in [0.25, 0.3) is 6.02 Å². The zero-order valence-corrected chi connectivity index (χ0v) is 17.6. The lowest BCUT2D eigenvalue weighted by Crippen LogP contribution is -2.31. The molecule has 168 valence electrons. The summed E-state index contributed by atoms with van der Waals surface area (Å²) in [4.78, 5) is 12.9. The largest absolute Gasteiger partial charge is 0.462 e. The van der Waals surface area contributed by atoms with E-state index in [0.717, 1.165) is 36.4 Å². The highest BCUT2D eigenvalue weighted by Gasteiger charge is 2.47. The Labute approximate surface area is 188 Å². The number of nitrogens with zero attached hydrogens (tertiary/aromatic N) is 3. The van der Waals surface area contributed by atoms with Crippen molar-refractivity contribution in [1.29, 1.82) is 0 Å². The number of amidine groups is 1. The molecular formula is C24H20F2N4O3. The molecule has 3 aliphatic heterocycles. The molecule has 1 atom stereocenters. The number of ether oxygens (including phenoxy) is 3. The van der Waals surface area contributed by atoms with Gasteiger partial charge in [0.05, 0.1) is 11.8 Å². The Morgan fingerprint density at radius 2 is 1.82 bits per heavy atom. The van der Waals surface area contributed by atoms with Crippen molar-refractivity contribution < 1.29 is 23.0 Å². The molecule has 1 spiro atoms. The maximum Gasteiger partial charge on any atom is 0.283 e. The van der Waals surface area contributed by atoms with E-state index < -0.39 is 17.3 Å². The number of fused-ring (bicyclic) bond motifs is 4. The molecule has 3 aromatic rings. The molecule has 6 rings (SSSR count). The average Bonchev–Trinajstić information content (AvgIpc) is 3.22. The first-order valence-corrected chi connectivity index (χ1v) is 10.7. The molecule has 0 saturated carbocycles. The Morgan fingerprint density at radius 1 is 1.00 bits per heavy atom. The standard InChI is InChI=1S/C24H20F2N4O3/c25-17-3-6-28-22(26)21(17)14-1-2-19-15(9-14)24(12-32-23(27)30-24)16-10-18(29-11-20(16)33-19)13-4-7-31-8-5-13/h1-3,6,9-11,13H,4-5,7-8,12H2,(H2,27,30)/t24-/m0/s1. The number of benzene rings is 1. The van der Waals surface area contributed by atoms with E-state index >= 15 is 0 Å². The fraction of sp³-hybridized carbons (Fsp3) is 0.292. The molecule has 3 aliphatic rings. The van der Waals surface area contributed by atoms with Crippen molar-refractivity contribution in [3.8, 4) is 22.6 Å². The summed E-state index contributed by atoms with van der Waals surface area (Å²) in [6.45, 7) is 1.52. The first kappa shape index (κ1) is 20.0. The smallest absolute Gasteiger partial charge is 0.283 e. The molecule has 0 aliphatic carbocycles. The van der Waals surface area contributed by atoms with Crippen molar-refractivity contribution >= 4 is 6.02 Å². The zero-order chi connectivity index (χ0) is 22.6. The van der Waals surface area contributed by atoms with Crippen LogP contribution in [0.1, 0.15) is 35.6 Å². The fourth-order valence-electron chi connectivity index (χ4n) is 4.82. The number of aliphatic imine (C=N–C) groups is 1. The molecule has 0 bridgehead atoms. The van der Waals surface area contributed by atoms with E-state index in [1.165, 1.54) is 0 Å². The van der Waals surface area contributed by atoms with Crippen LogP contribution in [-0.2, 0) is 15.0 Å². The van der Waals surface area contributed by atoms with E-state index in [0.29, 0.717) is 35.8 Å². The number of rotatable bonds is 2. The second-order valence-corrected chi connectivity index (χ2v) is 8.36. The molecule has 1 saturated heterocycles. The van der Waals surface area contributed by atoms with Crippen molar-refractivity contribution in [3.63, 3.8) is 0 Å². The maximum absolute atomic E-state index is 14.5. The molecule has 5 heterocycles. The van der Waals surface area contributed by atoms with Gasteiger partial charge in [0.2, 0.25) is 5.95 Å². The molecule has 1 aromatic carbocycles. The van der Waals surface area contributed by atoms with E-state index in [2.05, 4.69) is 15.0 Å². The van der Waals surface area contributed by atoms with Gasteiger partial charge in [-0.3, -0.25) is 4.98 Å². The van der Waals surface area contributed by atoms with Gasteiger partial charge in [-0.15, -0.1) is 0 Å². The topological polar surface area (TPSA) is 91.9 Å². The van der Waals surface area contributed by atoms with E-state index in [4.69, 9.17) is 19.9 Å². The van der Waals surface area contributed by atoms with Gasteiger partial charge >= 0.3 is 0 Å². The lowest BCUT2D eigenvalue weighted by molar-refractivity contribution is 0.0844. The number of hydrogen-bond donors (Lipinski definition) is 1. The highest BCUT2D eigenvalue weighted by molar-refractivity contribution is 5.78. The van der Waals surface area contributed by atoms with Crippen LogP contribution in [0.15, 0.2) is 47.7 Å². The Kier molecular flexibility index (Phi) is 4.55. The predicted molar refractivity (Wildman–Crippen MR) is 115 cm³/mol. The van der Waals surface area contributed by atoms with Crippen LogP contribution in [0.5, 0.6) is 11.5 Å². The van der Waals surface area contributed by atoms with Crippen LogP contribution in [0.25, 0.3) is 11.1 Å². The van der Waals surface area contributed by atoms with Crippen molar-refractivity contribution in [2.45, 2.75) is 24.3 Å². The first-order chi connectivity index (χ1) is 16.0. The Bertz CT molecular complexity index is 1270. The van der Waals surface area contributed by atoms with Crippen LogP contribution < -0.4 is 10.5 Å². The maximum atomic E-state index is 14.5. The Balaban J connectivity index is 1.52. The average molecular weight is 450 g/mol. The summed E-state index contributed by atoms with van der Waals surface area (Å²) < 4.78 is 46.2. The molecular weight excluding hydrogens is 430 g/mol. The molecule has 0 unspecified atom stereocenters. The van der Waals surface area contributed by atoms with Gasteiger partial charge in [-0.2, -0.15) is 4.39 Å². The predicted octanol–water partition coefficient (Wildman–Crippen LogP) is 4.01. The van der Waals surface area contributed by atoms with Crippen LogP contribution in [-0.4, -0.2) is 35.8 Å². The number of hydrogen-bond acceptors (Lipinski definition) is 7. The highest BCUT2D eigenvalue weighted by atomic mass is 19.1. The van der Waals surface area contributed by atoms with Gasteiger partial charge in [0, 0.05) is 42.1 Å². The molecule has 7 nitrogen and oxygen atoms in total. The van der Waals surface area contributed by atoms with E-state index in [9.17, 15) is 8.78 Å². The number of aromatic nitrogens is 2. The van der Waals surface area contributed by atoms with Crippen molar-refractivity contribution in [1.82, 2.24) is 9.97 Å². The third kappa shape index (κ3) is 3.14. The molecule has 9 heteroatoms. The summed E-state index contributed by atoms with van der Waals surface area (Å²) in [6, 6.07) is 8.08. The van der Waals surface area contributed by atoms with Gasteiger partial charge in [-0.1, -0.05) is 6.07 Å². The minimum atomic E-state index is -1.01. The van der Waals surface area contributed by atoms with Gasteiger partial charge in [0.1, 0.15) is 18.2 Å². The lowest BCUT2D eigenvalue weighted by atomic mass is 9.79. The van der Waals surface area contributed by atoms with Gasteiger partial charge in [-0.25, -0.2) is 14.4 Å². The fourth-order valence-corrected chi connectivity index (χ4v) is 4.82. The van der Waals surface area contributed by atoms with E-state index in [1.54, 1.807) is 24.4 Å². The van der Waals surface area contributed by atoms with E-state index in [-0.39, 0.29) is 24.1 Å². The molecule has 2 aromatic heterocycles. The molecule has 33 heavy (non-hydrogen) atoms. The number of halogens is 2. The normalized spacial score (nSPS) is 21.7. The second-order valence-electron chi connectivity index (χ2n) is 8.36. The summed E-state index contributed by atoms with van der Waals surface area (Å²) >= 11 is 0. The van der Waals surface area contributed by atoms with E-state index in [1.807, 2.05) is 6.07 Å². The van der Waals surface area contributed by atoms with Gasteiger partial charge in [-0.05, 0) is 42.7 Å². The quantitative estimate of drug-likeness (QED) is 0.593. The van der Waals surface area contributed by atoms with Gasteiger partial charge in [0.15, 0.2) is 11.3 Å². The third-order valence-electron chi connectivity index (χ3n) is 6.49. The van der Waals surface area contributed by atoms with Crippen LogP contribution in [0, 0.1) is 11.8 Å². The summed E-state index contributed by atoms with van der Waals surface area (Å²) in [5, 5.41) is 0. The van der Waals surface area contributed by atoms with Crippen molar-refractivity contribution in [2.75, 3.05) is 19.8 Å². The minimum Gasteiger partial charge on any atom is -0.462 e. The lowest BCUT2D eigenvalue weighted by Gasteiger charge is -2.34. The highest BCUT2D eigenvalue weighted by Crippen LogP contribution is 2.52. The summed E-state index contributed by atoms with van der Waals surface area (Å²) in [6.07, 6.45) is 4.54. The Hall–Kier alpha value is -3.59. The monoisotopic (exact) mass is 450 g/mol. The summed E-state index contributed by atoms with van der Waals surface area (Å²) in [5.74, 6) is -0.287. The van der Waals surface area contributed by atoms with Crippen LogP contribution >= 0.6 is 0 Å². The van der Waals surface area contributed by atoms with Crippen molar-refractivity contribution in [2.24, 2.45) is 10.7 Å². The number of nitrogens with two attached hydrogens (primary N) is 1. The first-order valence-electron chi connectivity index (χ1n) is 10.7. The SMILES string of the molecule is NC1=N[C@@]2(CO1)c1cc(-c3c(F)ccnc3F)ccc1Oc1cnc(C3CCOCC3)cc12. The molecule has 0 amide bonds. The second kappa shape index (κ2) is 7.48. The van der Waals surface area contributed by atoms with Crippen LogP contribution in [0.4, 0.5) is 8.78 Å². The number of pyridine rings is 2.